The lowest BCUT2D eigenvalue weighted by molar-refractivity contribution is -0.142. The molecule has 0 unspecified atom stereocenters. The van der Waals surface area contributed by atoms with E-state index in [2.05, 4.69) is 19.2 Å². The molecule has 132 valence electrons. The number of cyclic esters (lactones) is 1. The van der Waals surface area contributed by atoms with Gasteiger partial charge in [-0.1, -0.05) is 46.0 Å². The van der Waals surface area contributed by atoms with Crippen LogP contribution in [0.15, 0.2) is 11.6 Å². The monoisotopic (exact) mass is 325 g/mol. The first-order chi connectivity index (χ1) is 11.1. The molecule has 0 aromatic heterocycles. The minimum absolute atomic E-state index is 0.0988. The summed E-state index contributed by atoms with van der Waals surface area (Å²) in [5.74, 6) is -0.413. The van der Waals surface area contributed by atoms with Gasteiger partial charge >= 0.3 is 5.97 Å². The number of ether oxygens (including phenoxy) is 1. The molecular formula is C18H31NO4. The van der Waals surface area contributed by atoms with Crippen molar-refractivity contribution in [3.8, 4) is 0 Å². The highest BCUT2D eigenvalue weighted by Gasteiger charge is 2.31. The molecular weight excluding hydrogens is 294 g/mol. The van der Waals surface area contributed by atoms with Crippen molar-refractivity contribution in [3.63, 3.8) is 0 Å². The first-order valence-electron chi connectivity index (χ1n) is 8.94. The zero-order chi connectivity index (χ0) is 17.1. The molecule has 5 nitrogen and oxygen atoms in total. The van der Waals surface area contributed by atoms with Crippen molar-refractivity contribution in [2.75, 3.05) is 6.61 Å². The zero-order valence-corrected chi connectivity index (χ0v) is 14.5. The van der Waals surface area contributed by atoms with Crippen LogP contribution < -0.4 is 5.32 Å². The van der Waals surface area contributed by atoms with E-state index in [1.54, 1.807) is 6.08 Å². The molecule has 1 aliphatic heterocycles. The molecule has 0 spiro atoms. The Morgan fingerprint density at radius 1 is 1.22 bits per heavy atom. The largest absolute Gasteiger partial charge is 0.452 e. The number of aliphatic hydroxyl groups excluding tert-OH is 1. The third-order valence-electron chi connectivity index (χ3n) is 4.12. The molecule has 0 radical (unpaired) electrons. The fourth-order valence-corrected chi connectivity index (χ4v) is 2.67. The molecule has 1 rings (SSSR count). The minimum atomic E-state index is -0.554. The van der Waals surface area contributed by atoms with Gasteiger partial charge in [-0.05, 0) is 25.3 Å². The van der Waals surface area contributed by atoms with E-state index in [-0.39, 0.29) is 18.5 Å². The summed E-state index contributed by atoms with van der Waals surface area (Å²) in [6, 6.07) is -0.554. The third kappa shape index (κ3) is 7.16. The maximum atomic E-state index is 11.9. The predicted octanol–water partition coefficient (Wildman–Crippen LogP) is 2.87. The molecule has 0 aromatic carbocycles. The smallest absolute Gasteiger partial charge is 0.334 e. The number of esters is 1. The second-order valence-electron chi connectivity index (χ2n) is 6.19. The molecule has 23 heavy (non-hydrogen) atoms. The van der Waals surface area contributed by atoms with Gasteiger partial charge in [0.25, 0.3) is 0 Å². The van der Waals surface area contributed by atoms with Crippen molar-refractivity contribution < 1.29 is 19.4 Å². The Morgan fingerprint density at radius 3 is 2.57 bits per heavy atom. The highest BCUT2D eigenvalue weighted by Crippen LogP contribution is 2.22. The number of rotatable bonds is 12. The van der Waals surface area contributed by atoms with E-state index < -0.39 is 12.1 Å². The summed E-state index contributed by atoms with van der Waals surface area (Å²) in [7, 11) is 0. The number of carbonyl (C=O) groups is 2. The van der Waals surface area contributed by atoms with Crippen LogP contribution in [-0.2, 0) is 14.3 Å². The van der Waals surface area contributed by atoms with Crippen LogP contribution in [0.5, 0.6) is 0 Å². The summed E-state index contributed by atoms with van der Waals surface area (Å²) in [5, 5.41) is 12.3. The average Bonchev–Trinajstić information content (AvgIpc) is 2.90. The van der Waals surface area contributed by atoms with Crippen molar-refractivity contribution in [2.45, 2.75) is 83.8 Å². The van der Waals surface area contributed by atoms with E-state index in [9.17, 15) is 14.7 Å². The molecule has 1 heterocycles. The van der Waals surface area contributed by atoms with Crippen molar-refractivity contribution >= 4 is 11.9 Å². The fourth-order valence-electron chi connectivity index (χ4n) is 2.67. The van der Waals surface area contributed by atoms with Crippen molar-refractivity contribution in [3.05, 3.63) is 11.6 Å². The molecule has 0 saturated heterocycles. The van der Waals surface area contributed by atoms with Crippen LogP contribution in [0.3, 0.4) is 0 Å². The molecule has 0 aliphatic carbocycles. The van der Waals surface area contributed by atoms with Crippen LogP contribution in [0.1, 0.15) is 71.6 Å². The van der Waals surface area contributed by atoms with Crippen molar-refractivity contribution in [1.29, 1.82) is 0 Å². The first kappa shape index (κ1) is 19.7. The Kier molecular flexibility index (Phi) is 9.60. The molecule has 1 amide bonds. The Bertz CT molecular complexity index is 406. The molecule has 1 aliphatic rings. The van der Waals surface area contributed by atoms with Crippen molar-refractivity contribution in [2.24, 2.45) is 0 Å². The summed E-state index contributed by atoms with van der Waals surface area (Å²) in [5.41, 5.74) is 0.671. The van der Waals surface area contributed by atoms with Gasteiger partial charge < -0.3 is 15.2 Å². The van der Waals surface area contributed by atoms with Gasteiger partial charge in [0.1, 0.15) is 6.10 Å². The Balaban J connectivity index is 2.46. The zero-order valence-electron chi connectivity index (χ0n) is 14.5. The summed E-state index contributed by atoms with van der Waals surface area (Å²) in [6.07, 6.45) is 9.66. The number of aliphatic hydroxyl groups is 1. The van der Waals surface area contributed by atoms with Crippen molar-refractivity contribution in [1.82, 2.24) is 5.32 Å². The number of hydrogen-bond acceptors (Lipinski definition) is 4. The van der Waals surface area contributed by atoms with Crippen LogP contribution in [-0.4, -0.2) is 35.7 Å². The van der Waals surface area contributed by atoms with Gasteiger partial charge in [0.2, 0.25) is 5.91 Å². The number of hydrogen-bond donors (Lipinski definition) is 2. The molecule has 0 fully saturated rings. The van der Waals surface area contributed by atoms with E-state index in [1.165, 1.54) is 6.42 Å². The summed E-state index contributed by atoms with van der Waals surface area (Å²) in [6.45, 7) is 3.99. The highest BCUT2D eigenvalue weighted by molar-refractivity contribution is 5.91. The number of carbonyl (C=O) groups excluding carboxylic acids is 2. The second kappa shape index (κ2) is 11.2. The maximum Gasteiger partial charge on any atom is 0.334 e. The predicted molar refractivity (Wildman–Crippen MR) is 89.9 cm³/mol. The lowest BCUT2D eigenvalue weighted by Gasteiger charge is -2.20. The van der Waals surface area contributed by atoms with Gasteiger partial charge in [0.15, 0.2) is 0 Å². The van der Waals surface area contributed by atoms with E-state index in [1.807, 2.05) is 0 Å². The van der Waals surface area contributed by atoms with Crippen LogP contribution in [0.25, 0.3) is 0 Å². The maximum absolute atomic E-state index is 11.9. The third-order valence-corrected chi connectivity index (χ3v) is 4.12. The molecule has 2 atom stereocenters. The summed E-state index contributed by atoms with van der Waals surface area (Å²) >= 11 is 0. The molecule has 5 heteroatoms. The molecule has 0 aromatic rings. The fraction of sp³-hybridized carbons (Fsp3) is 0.778. The number of nitrogens with one attached hydrogen (secondary N) is 1. The van der Waals surface area contributed by atoms with Gasteiger partial charge in [-0.15, -0.1) is 0 Å². The van der Waals surface area contributed by atoms with Gasteiger partial charge in [0.05, 0.1) is 12.6 Å². The lowest BCUT2D eigenvalue weighted by atomic mass is 10.0. The highest BCUT2D eigenvalue weighted by atomic mass is 16.5. The minimum Gasteiger partial charge on any atom is -0.452 e. The molecule has 2 N–H and O–H groups in total. The molecule has 0 bridgehead atoms. The Labute approximate surface area is 139 Å². The van der Waals surface area contributed by atoms with E-state index in [4.69, 9.17) is 4.74 Å². The Morgan fingerprint density at radius 2 is 1.91 bits per heavy atom. The molecule has 0 saturated carbocycles. The normalized spacial score (nSPS) is 18.5. The SMILES string of the molecule is CCCCCCC1=C[C@H]([C@H](CO)NC(=O)CCCCC)OC1=O. The summed E-state index contributed by atoms with van der Waals surface area (Å²) in [4.78, 5) is 23.7. The van der Waals surface area contributed by atoms with E-state index in [0.717, 1.165) is 38.5 Å². The second-order valence-corrected chi connectivity index (χ2v) is 6.19. The van der Waals surface area contributed by atoms with Gasteiger partial charge in [-0.25, -0.2) is 4.79 Å². The summed E-state index contributed by atoms with van der Waals surface area (Å²) < 4.78 is 5.30. The number of amides is 1. The van der Waals surface area contributed by atoms with Gasteiger partial charge in [-0.2, -0.15) is 0 Å². The van der Waals surface area contributed by atoms with E-state index >= 15 is 0 Å². The number of unbranched alkanes of at least 4 members (excludes halogenated alkanes) is 5. The standard InChI is InChI=1S/C18H31NO4/c1-3-5-7-9-10-14-12-16(23-18(14)22)15(13-20)19-17(21)11-8-6-4-2/h12,15-16,20H,3-11,13H2,1-2H3,(H,19,21)/t15-,16+/m0/s1. The topological polar surface area (TPSA) is 75.6 Å². The van der Waals surface area contributed by atoms with Crippen LogP contribution in [0, 0.1) is 0 Å². The average molecular weight is 325 g/mol. The Hall–Kier alpha value is -1.36. The van der Waals surface area contributed by atoms with Gasteiger partial charge in [0, 0.05) is 12.0 Å². The van der Waals surface area contributed by atoms with Crippen LogP contribution in [0.4, 0.5) is 0 Å². The van der Waals surface area contributed by atoms with Crippen LogP contribution in [0.2, 0.25) is 0 Å². The quantitative estimate of drug-likeness (QED) is 0.427. The van der Waals surface area contributed by atoms with E-state index in [0.29, 0.717) is 18.4 Å². The first-order valence-corrected chi connectivity index (χ1v) is 8.94. The lowest BCUT2D eigenvalue weighted by Crippen LogP contribution is -2.45. The van der Waals surface area contributed by atoms with Crippen LogP contribution >= 0.6 is 0 Å². The van der Waals surface area contributed by atoms with Gasteiger partial charge in [-0.3, -0.25) is 4.79 Å².